The molecule has 0 unspecified atom stereocenters. The SMILES string of the molecule is Cc1ccccc1-c1noc(CN2CCN(C(=O)c3ccc(-n4ccc(C(F)(F)F)n4)cc3)CC2)n1. The number of hydrogen-bond donors (Lipinski definition) is 0. The second-order valence-corrected chi connectivity index (χ2v) is 8.59. The molecule has 1 fully saturated rings. The first kappa shape index (κ1) is 23.7. The van der Waals surface area contributed by atoms with Gasteiger partial charge in [0.2, 0.25) is 11.7 Å². The van der Waals surface area contributed by atoms with E-state index in [0.717, 1.165) is 21.9 Å². The second-order valence-electron chi connectivity index (χ2n) is 8.59. The number of piperazine rings is 1. The lowest BCUT2D eigenvalue weighted by atomic mass is 10.1. The first-order valence-corrected chi connectivity index (χ1v) is 11.4. The summed E-state index contributed by atoms with van der Waals surface area (Å²) in [6, 6.07) is 15.1. The number of rotatable bonds is 5. The van der Waals surface area contributed by atoms with Gasteiger partial charge in [0.1, 0.15) is 0 Å². The van der Waals surface area contributed by atoms with Crippen molar-refractivity contribution in [3.05, 3.63) is 83.5 Å². The molecule has 0 saturated carbocycles. The average molecular weight is 496 g/mol. The van der Waals surface area contributed by atoms with Gasteiger partial charge >= 0.3 is 6.18 Å². The Morgan fingerprint density at radius 1 is 1.00 bits per heavy atom. The van der Waals surface area contributed by atoms with Gasteiger partial charge < -0.3 is 9.42 Å². The Kier molecular flexibility index (Phi) is 6.31. The Morgan fingerprint density at radius 2 is 1.72 bits per heavy atom. The molecule has 3 heterocycles. The number of benzene rings is 2. The number of nitrogens with zero attached hydrogens (tertiary/aromatic N) is 6. The van der Waals surface area contributed by atoms with Crippen molar-refractivity contribution in [3.8, 4) is 17.1 Å². The minimum atomic E-state index is -4.50. The van der Waals surface area contributed by atoms with Crippen LogP contribution in [-0.2, 0) is 12.7 Å². The molecule has 186 valence electrons. The fourth-order valence-electron chi connectivity index (χ4n) is 4.11. The minimum Gasteiger partial charge on any atom is -0.338 e. The molecular weight excluding hydrogens is 473 g/mol. The molecule has 0 spiro atoms. The van der Waals surface area contributed by atoms with E-state index in [0.29, 0.717) is 55.7 Å². The van der Waals surface area contributed by atoms with Crippen LogP contribution >= 0.6 is 0 Å². The maximum absolute atomic E-state index is 12.9. The van der Waals surface area contributed by atoms with E-state index >= 15 is 0 Å². The number of alkyl halides is 3. The van der Waals surface area contributed by atoms with Crippen LogP contribution in [0.25, 0.3) is 17.1 Å². The smallest absolute Gasteiger partial charge is 0.338 e. The lowest BCUT2D eigenvalue weighted by molar-refractivity contribution is -0.141. The van der Waals surface area contributed by atoms with Crippen LogP contribution < -0.4 is 0 Å². The normalized spacial score (nSPS) is 14.8. The molecule has 2 aromatic heterocycles. The summed E-state index contributed by atoms with van der Waals surface area (Å²) < 4.78 is 44.9. The van der Waals surface area contributed by atoms with Crippen LogP contribution in [0, 0.1) is 6.92 Å². The molecule has 8 nitrogen and oxygen atoms in total. The lowest BCUT2D eigenvalue weighted by Crippen LogP contribution is -2.48. The first-order chi connectivity index (χ1) is 17.3. The minimum absolute atomic E-state index is 0.128. The van der Waals surface area contributed by atoms with Gasteiger partial charge in [0.25, 0.3) is 5.91 Å². The van der Waals surface area contributed by atoms with E-state index in [4.69, 9.17) is 4.52 Å². The van der Waals surface area contributed by atoms with E-state index in [2.05, 4.69) is 20.1 Å². The molecule has 0 radical (unpaired) electrons. The molecule has 5 rings (SSSR count). The Bertz CT molecular complexity index is 1350. The highest BCUT2D eigenvalue weighted by Gasteiger charge is 2.33. The largest absolute Gasteiger partial charge is 0.435 e. The van der Waals surface area contributed by atoms with Crippen molar-refractivity contribution >= 4 is 5.91 Å². The van der Waals surface area contributed by atoms with Crippen molar-refractivity contribution in [2.75, 3.05) is 26.2 Å². The summed E-state index contributed by atoms with van der Waals surface area (Å²) in [6.45, 7) is 4.87. The van der Waals surface area contributed by atoms with E-state index in [1.807, 2.05) is 31.2 Å². The van der Waals surface area contributed by atoms with E-state index in [-0.39, 0.29) is 5.91 Å². The molecule has 4 aromatic rings. The zero-order valence-corrected chi connectivity index (χ0v) is 19.4. The van der Waals surface area contributed by atoms with Crippen molar-refractivity contribution in [3.63, 3.8) is 0 Å². The van der Waals surface area contributed by atoms with Crippen LogP contribution in [0.3, 0.4) is 0 Å². The maximum Gasteiger partial charge on any atom is 0.435 e. The molecular formula is C25H23F3N6O2. The van der Waals surface area contributed by atoms with Crippen LogP contribution in [0.2, 0.25) is 0 Å². The Hall–Kier alpha value is -3.99. The molecule has 0 aliphatic carbocycles. The first-order valence-electron chi connectivity index (χ1n) is 11.4. The van der Waals surface area contributed by atoms with Crippen LogP contribution in [-0.4, -0.2) is 61.8 Å². The summed E-state index contributed by atoms with van der Waals surface area (Å²) in [4.78, 5) is 21.4. The summed E-state index contributed by atoms with van der Waals surface area (Å²) in [5.41, 5.74) is 1.95. The molecule has 1 aliphatic rings. The van der Waals surface area contributed by atoms with Crippen molar-refractivity contribution in [1.82, 2.24) is 29.7 Å². The van der Waals surface area contributed by atoms with Crippen molar-refractivity contribution < 1.29 is 22.5 Å². The summed E-state index contributed by atoms with van der Waals surface area (Å²) in [7, 11) is 0. The maximum atomic E-state index is 12.9. The highest BCUT2D eigenvalue weighted by atomic mass is 19.4. The number of aromatic nitrogens is 4. The van der Waals surface area contributed by atoms with Gasteiger partial charge in [0, 0.05) is 43.5 Å². The fourth-order valence-corrected chi connectivity index (χ4v) is 4.11. The Labute approximate surface area is 204 Å². The average Bonchev–Trinajstić information content (AvgIpc) is 3.55. The molecule has 2 aromatic carbocycles. The van der Waals surface area contributed by atoms with E-state index in [9.17, 15) is 18.0 Å². The molecule has 0 atom stereocenters. The molecule has 1 amide bonds. The van der Waals surface area contributed by atoms with Crippen molar-refractivity contribution in [2.24, 2.45) is 0 Å². The second kappa shape index (κ2) is 9.57. The van der Waals surface area contributed by atoms with Gasteiger partial charge in [-0.1, -0.05) is 29.4 Å². The molecule has 36 heavy (non-hydrogen) atoms. The zero-order chi connectivity index (χ0) is 25.3. The van der Waals surface area contributed by atoms with Gasteiger partial charge in [-0.2, -0.15) is 23.3 Å². The van der Waals surface area contributed by atoms with Gasteiger partial charge in [0.15, 0.2) is 5.69 Å². The zero-order valence-electron chi connectivity index (χ0n) is 19.4. The Morgan fingerprint density at radius 3 is 2.39 bits per heavy atom. The number of amides is 1. The predicted octanol–water partition coefficient (Wildman–Crippen LogP) is 4.21. The van der Waals surface area contributed by atoms with Crippen LogP contribution in [0.4, 0.5) is 13.2 Å². The van der Waals surface area contributed by atoms with Gasteiger partial charge in [-0.25, -0.2) is 4.68 Å². The predicted molar refractivity (Wildman–Crippen MR) is 124 cm³/mol. The lowest BCUT2D eigenvalue weighted by Gasteiger charge is -2.34. The van der Waals surface area contributed by atoms with Crippen molar-refractivity contribution in [2.45, 2.75) is 19.6 Å². The van der Waals surface area contributed by atoms with Crippen LogP contribution in [0.1, 0.15) is 27.5 Å². The number of carbonyl (C=O) groups is 1. The van der Waals surface area contributed by atoms with E-state index in [1.165, 1.54) is 6.20 Å². The van der Waals surface area contributed by atoms with Gasteiger partial charge in [-0.05, 0) is 42.8 Å². The van der Waals surface area contributed by atoms with Gasteiger partial charge in [-0.3, -0.25) is 9.69 Å². The topological polar surface area (TPSA) is 80.3 Å². The third-order valence-electron chi connectivity index (χ3n) is 6.13. The Balaban J connectivity index is 1.16. The van der Waals surface area contributed by atoms with E-state index < -0.39 is 11.9 Å². The third-order valence-corrected chi connectivity index (χ3v) is 6.13. The number of aryl methyl sites for hydroxylation is 1. The fraction of sp³-hybridized carbons (Fsp3) is 0.280. The molecule has 1 saturated heterocycles. The third kappa shape index (κ3) is 5.01. The standard InChI is InChI=1S/C25H23F3N6O2/c1-17-4-2-3-5-20(17)23-29-22(36-31-23)16-32-12-14-33(15-13-32)24(35)18-6-8-19(9-7-18)34-11-10-21(30-34)25(26,27)28/h2-11H,12-16H2,1H3. The summed E-state index contributed by atoms with van der Waals surface area (Å²) in [6.07, 6.45) is -3.26. The number of halogens is 3. The van der Waals surface area contributed by atoms with Crippen molar-refractivity contribution in [1.29, 1.82) is 0 Å². The summed E-state index contributed by atoms with van der Waals surface area (Å²) in [5, 5.41) is 7.65. The van der Waals surface area contributed by atoms with Crippen LogP contribution in [0.5, 0.6) is 0 Å². The molecule has 11 heteroatoms. The molecule has 1 aliphatic heterocycles. The molecule has 0 N–H and O–H groups in total. The van der Waals surface area contributed by atoms with E-state index in [1.54, 1.807) is 29.2 Å². The monoisotopic (exact) mass is 496 g/mol. The number of hydrogen-bond acceptors (Lipinski definition) is 6. The number of carbonyl (C=O) groups excluding carboxylic acids is 1. The van der Waals surface area contributed by atoms with Gasteiger partial charge in [-0.15, -0.1) is 0 Å². The summed E-state index contributed by atoms with van der Waals surface area (Å²) in [5.74, 6) is 0.957. The highest BCUT2D eigenvalue weighted by Crippen LogP contribution is 2.28. The van der Waals surface area contributed by atoms with Gasteiger partial charge in [0.05, 0.1) is 12.2 Å². The summed E-state index contributed by atoms with van der Waals surface area (Å²) >= 11 is 0. The highest BCUT2D eigenvalue weighted by molar-refractivity contribution is 5.94. The van der Waals surface area contributed by atoms with Crippen LogP contribution in [0.15, 0.2) is 65.3 Å². The quantitative estimate of drug-likeness (QED) is 0.412. The molecule has 0 bridgehead atoms.